The minimum atomic E-state index is -1.22. The van der Waals surface area contributed by atoms with E-state index in [1.807, 2.05) is 4.98 Å². The molecule has 0 saturated heterocycles. The molecule has 1 aromatic heterocycles. The van der Waals surface area contributed by atoms with Gasteiger partial charge in [0.15, 0.2) is 0 Å². The van der Waals surface area contributed by atoms with E-state index >= 15 is 0 Å². The molecule has 82 valence electrons. The Morgan fingerprint density at radius 1 is 0.875 bits per heavy atom. The van der Waals surface area contributed by atoms with Crippen LogP contribution in [0.5, 0.6) is 0 Å². The monoisotopic (exact) mass is 226 g/mol. The fourth-order valence-corrected chi connectivity index (χ4v) is 1.30. The number of benzene rings is 1. The first-order valence-corrected chi connectivity index (χ1v) is 4.15. The number of halogens is 2. The molecule has 0 aliphatic carbocycles. The van der Waals surface area contributed by atoms with Gasteiger partial charge in [-0.15, -0.1) is 0 Å². The van der Waals surface area contributed by atoms with Crippen molar-refractivity contribution in [3.63, 3.8) is 0 Å². The molecule has 16 heavy (non-hydrogen) atoms. The minimum absolute atomic E-state index is 0.370. The van der Waals surface area contributed by atoms with Gasteiger partial charge in [-0.25, -0.2) is 8.78 Å². The maximum absolute atomic E-state index is 13.3. The normalized spacial score (nSPS) is 10.6. The van der Waals surface area contributed by atoms with Crippen LogP contribution in [-0.4, -0.2) is 9.97 Å². The second kappa shape index (κ2) is 3.37. The van der Waals surface area contributed by atoms with Gasteiger partial charge in [0.25, 0.3) is 5.56 Å². The van der Waals surface area contributed by atoms with Crippen molar-refractivity contribution in [3.8, 4) is 0 Å². The van der Waals surface area contributed by atoms with Crippen LogP contribution in [0.4, 0.5) is 8.78 Å². The Balaban J connectivity index is 3.23. The topological polar surface area (TPSA) is 82.8 Å². The van der Waals surface area contributed by atoms with Gasteiger partial charge in [0.05, 0.1) is 10.9 Å². The Labute approximate surface area is 85.4 Å². The van der Waals surface area contributed by atoms with Gasteiger partial charge in [-0.2, -0.15) is 0 Å². The second-order valence-electron chi connectivity index (χ2n) is 3.05. The van der Waals surface area contributed by atoms with E-state index in [0.29, 0.717) is 6.07 Å². The van der Waals surface area contributed by atoms with Gasteiger partial charge in [-0.05, 0) is 6.07 Å². The molecule has 0 unspecified atom stereocenters. The number of rotatable bonds is 0. The summed E-state index contributed by atoms with van der Waals surface area (Å²) in [7, 11) is 0. The van der Waals surface area contributed by atoms with Crippen LogP contribution in [0, 0.1) is 11.6 Å². The number of hydrogen-bond acceptors (Lipinski definition) is 3. The summed E-state index contributed by atoms with van der Waals surface area (Å²) in [6.45, 7) is 0. The highest BCUT2D eigenvalue weighted by Crippen LogP contribution is 2.11. The van der Waals surface area contributed by atoms with E-state index in [4.69, 9.17) is 0 Å². The zero-order chi connectivity index (χ0) is 11.9. The predicted octanol–water partition coefficient (Wildman–Crippen LogP) is -0.145. The highest BCUT2D eigenvalue weighted by atomic mass is 19.1. The van der Waals surface area contributed by atoms with Crippen LogP contribution in [0.15, 0.2) is 26.5 Å². The fourth-order valence-electron chi connectivity index (χ4n) is 1.30. The van der Waals surface area contributed by atoms with Crippen molar-refractivity contribution in [2.24, 2.45) is 0 Å². The molecule has 0 radical (unpaired) electrons. The lowest BCUT2D eigenvalue weighted by Crippen LogP contribution is -2.28. The number of aromatic amines is 2. The first-order chi connectivity index (χ1) is 7.49. The van der Waals surface area contributed by atoms with Gasteiger partial charge in [-0.3, -0.25) is 19.4 Å². The summed E-state index contributed by atoms with van der Waals surface area (Å²) in [5.74, 6) is -2.11. The van der Waals surface area contributed by atoms with E-state index in [9.17, 15) is 23.2 Å². The third kappa shape index (κ3) is 1.52. The van der Waals surface area contributed by atoms with E-state index in [0.717, 1.165) is 6.07 Å². The van der Waals surface area contributed by atoms with Crippen LogP contribution >= 0.6 is 0 Å². The standard InChI is InChI=1S/C9H4F2N2O3/c10-3-1-4(11)6-5(2-3)12-8(15)9(16)13-7(6)14/h1-2H,(H2,12,13,14,15,16). The van der Waals surface area contributed by atoms with Crippen molar-refractivity contribution in [1.29, 1.82) is 0 Å². The molecule has 0 spiro atoms. The summed E-state index contributed by atoms with van der Waals surface area (Å²) in [4.78, 5) is 36.8. The highest BCUT2D eigenvalue weighted by Gasteiger charge is 2.08. The molecule has 2 rings (SSSR count). The van der Waals surface area contributed by atoms with Crippen LogP contribution in [0.2, 0.25) is 0 Å². The van der Waals surface area contributed by atoms with Gasteiger partial charge in [-0.1, -0.05) is 0 Å². The number of aromatic nitrogens is 2. The average molecular weight is 226 g/mol. The molecule has 1 aromatic carbocycles. The zero-order valence-corrected chi connectivity index (χ0v) is 7.64. The van der Waals surface area contributed by atoms with Crippen molar-refractivity contribution in [2.45, 2.75) is 0 Å². The van der Waals surface area contributed by atoms with Crippen molar-refractivity contribution >= 4 is 10.9 Å². The summed E-state index contributed by atoms with van der Waals surface area (Å²) in [5, 5.41) is -0.569. The molecule has 1 heterocycles. The van der Waals surface area contributed by atoms with Crippen LogP contribution in [0.3, 0.4) is 0 Å². The Hall–Kier alpha value is -2.31. The molecule has 0 aliphatic rings. The lowest BCUT2D eigenvalue weighted by atomic mass is 10.2. The summed E-state index contributed by atoms with van der Waals surface area (Å²) in [6, 6.07) is 1.24. The second-order valence-corrected chi connectivity index (χ2v) is 3.05. The highest BCUT2D eigenvalue weighted by molar-refractivity contribution is 5.77. The van der Waals surface area contributed by atoms with Crippen molar-refractivity contribution < 1.29 is 8.78 Å². The molecular weight excluding hydrogens is 222 g/mol. The molecule has 0 saturated carbocycles. The van der Waals surface area contributed by atoms with Crippen LogP contribution in [0.25, 0.3) is 10.9 Å². The van der Waals surface area contributed by atoms with Gasteiger partial charge in [0, 0.05) is 6.07 Å². The fraction of sp³-hybridized carbons (Fsp3) is 0. The van der Waals surface area contributed by atoms with Crippen molar-refractivity contribution in [1.82, 2.24) is 9.97 Å². The third-order valence-corrected chi connectivity index (χ3v) is 1.96. The van der Waals surface area contributed by atoms with Gasteiger partial charge < -0.3 is 4.98 Å². The first kappa shape index (κ1) is 10.2. The lowest BCUT2D eigenvalue weighted by molar-refractivity contribution is 0.591. The van der Waals surface area contributed by atoms with E-state index in [-0.39, 0.29) is 5.52 Å². The molecule has 0 bridgehead atoms. The third-order valence-electron chi connectivity index (χ3n) is 1.96. The van der Waals surface area contributed by atoms with E-state index in [2.05, 4.69) is 0 Å². The van der Waals surface area contributed by atoms with E-state index < -0.39 is 33.7 Å². The summed E-state index contributed by atoms with van der Waals surface area (Å²) >= 11 is 0. The first-order valence-electron chi connectivity index (χ1n) is 4.15. The minimum Gasteiger partial charge on any atom is -0.317 e. The predicted molar refractivity (Wildman–Crippen MR) is 51.4 cm³/mol. The van der Waals surface area contributed by atoms with Gasteiger partial charge >= 0.3 is 11.1 Å². The summed E-state index contributed by atoms with van der Waals surface area (Å²) < 4.78 is 26.1. The number of H-pyrrole nitrogens is 2. The SMILES string of the molecule is O=c1[nH]c(=O)c2c(F)cc(F)cc2[nH]c1=O. The number of nitrogens with one attached hydrogen (secondary N) is 2. The average Bonchev–Trinajstić information content (AvgIpc) is 2.24. The van der Waals surface area contributed by atoms with Gasteiger partial charge in [0.2, 0.25) is 0 Å². The number of hydrogen-bond donors (Lipinski definition) is 2. The summed E-state index contributed by atoms with van der Waals surface area (Å²) in [6.07, 6.45) is 0. The molecule has 2 N–H and O–H groups in total. The Kier molecular flexibility index (Phi) is 2.15. The van der Waals surface area contributed by atoms with Crippen molar-refractivity contribution in [2.75, 3.05) is 0 Å². The molecule has 5 nitrogen and oxygen atoms in total. The maximum atomic E-state index is 13.3. The largest absolute Gasteiger partial charge is 0.317 e. The Morgan fingerprint density at radius 3 is 2.19 bits per heavy atom. The molecule has 7 heteroatoms. The van der Waals surface area contributed by atoms with Crippen molar-refractivity contribution in [3.05, 3.63) is 54.8 Å². The molecule has 0 atom stereocenters. The molecule has 0 amide bonds. The molecule has 2 aromatic rings. The maximum Gasteiger partial charge on any atom is 0.316 e. The van der Waals surface area contributed by atoms with Crippen LogP contribution < -0.4 is 16.7 Å². The van der Waals surface area contributed by atoms with Crippen LogP contribution in [0.1, 0.15) is 0 Å². The smallest absolute Gasteiger partial charge is 0.316 e. The van der Waals surface area contributed by atoms with E-state index in [1.54, 1.807) is 4.98 Å². The lowest BCUT2D eigenvalue weighted by Gasteiger charge is -1.93. The van der Waals surface area contributed by atoms with Gasteiger partial charge in [0.1, 0.15) is 11.6 Å². The van der Waals surface area contributed by atoms with E-state index in [1.165, 1.54) is 0 Å². The Bertz CT molecular complexity index is 748. The quantitative estimate of drug-likeness (QED) is 0.613. The summed E-state index contributed by atoms with van der Waals surface area (Å²) in [5.41, 5.74) is -3.83. The molecule has 0 fully saturated rings. The number of fused-ring (bicyclic) bond motifs is 1. The van der Waals surface area contributed by atoms with Crippen LogP contribution in [-0.2, 0) is 0 Å². The molecular formula is C9H4F2N2O3. The Morgan fingerprint density at radius 2 is 1.50 bits per heavy atom. The zero-order valence-electron chi connectivity index (χ0n) is 7.64. The molecule has 0 aliphatic heterocycles.